The van der Waals surface area contributed by atoms with Crippen molar-refractivity contribution in [1.82, 2.24) is 5.01 Å². The largest absolute Gasteiger partial charge is 0.478 e. The fraction of sp³-hybridized carbons (Fsp3) is 0.929. The van der Waals surface area contributed by atoms with Crippen molar-refractivity contribution in [3.05, 3.63) is 0 Å². The lowest BCUT2D eigenvalue weighted by atomic mass is 9.91. The summed E-state index contributed by atoms with van der Waals surface area (Å²) in [4.78, 5) is 12.0. The standard InChI is InChI=1S/C14H30N2O5/c1-6-10-16(15)14(12(17)18,21-9-4)13(5,20-8-3)11-19-7-2/h6-11,15H2,1-5H3,(H,17,18). The maximum atomic E-state index is 12.0. The van der Waals surface area contributed by atoms with Gasteiger partial charge in [-0.3, -0.25) is 5.84 Å². The predicted octanol–water partition coefficient (Wildman–Crippen LogP) is 1.22. The lowest BCUT2D eigenvalue weighted by Gasteiger charge is -2.48. The molecular formula is C14H30N2O5. The smallest absolute Gasteiger partial charge is 0.356 e. The van der Waals surface area contributed by atoms with Crippen LogP contribution in [0, 0.1) is 0 Å². The zero-order chi connectivity index (χ0) is 16.5. The molecule has 0 bridgehead atoms. The number of nitrogens with two attached hydrogens (primary N) is 1. The van der Waals surface area contributed by atoms with E-state index in [4.69, 9.17) is 20.1 Å². The van der Waals surface area contributed by atoms with Crippen LogP contribution in [0.1, 0.15) is 41.0 Å². The van der Waals surface area contributed by atoms with Crippen molar-refractivity contribution < 1.29 is 24.1 Å². The summed E-state index contributed by atoms with van der Waals surface area (Å²) in [5.41, 5.74) is -3.04. The topological polar surface area (TPSA) is 94.2 Å². The number of hydrogen-bond acceptors (Lipinski definition) is 6. The van der Waals surface area contributed by atoms with E-state index in [9.17, 15) is 9.90 Å². The van der Waals surface area contributed by atoms with Gasteiger partial charge >= 0.3 is 5.97 Å². The zero-order valence-corrected chi connectivity index (χ0v) is 13.8. The SMILES string of the molecule is CCCN(N)C(OCC)(C(=O)O)C(C)(COCC)OCC. The highest BCUT2D eigenvalue weighted by atomic mass is 16.6. The molecule has 0 amide bonds. The monoisotopic (exact) mass is 306 g/mol. The molecule has 21 heavy (non-hydrogen) atoms. The molecular weight excluding hydrogens is 276 g/mol. The van der Waals surface area contributed by atoms with E-state index in [1.165, 1.54) is 5.01 Å². The van der Waals surface area contributed by atoms with Gasteiger partial charge in [-0.15, -0.1) is 0 Å². The quantitative estimate of drug-likeness (QED) is 0.318. The van der Waals surface area contributed by atoms with Crippen LogP contribution in [0.5, 0.6) is 0 Å². The Morgan fingerprint density at radius 3 is 2.10 bits per heavy atom. The Morgan fingerprint density at radius 1 is 1.14 bits per heavy atom. The summed E-state index contributed by atoms with van der Waals surface area (Å²) in [6, 6.07) is 0. The van der Waals surface area contributed by atoms with E-state index in [0.717, 1.165) is 0 Å². The first-order valence-electron chi connectivity index (χ1n) is 7.47. The summed E-state index contributed by atoms with van der Waals surface area (Å²) in [5.74, 6) is 4.85. The minimum atomic E-state index is -1.80. The molecule has 0 spiro atoms. The number of carboxylic acid groups (broad SMARTS) is 1. The predicted molar refractivity (Wildman–Crippen MR) is 79.7 cm³/mol. The van der Waals surface area contributed by atoms with Crippen molar-refractivity contribution in [1.29, 1.82) is 0 Å². The fourth-order valence-corrected chi connectivity index (χ4v) is 2.41. The Bertz CT molecular complexity index is 316. The zero-order valence-electron chi connectivity index (χ0n) is 13.8. The normalized spacial score (nSPS) is 17.5. The molecule has 2 unspecified atom stereocenters. The first-order valence-corrected chi connectivity index (χ1v) is 7.47. The van der Waals surface area contributed by atoms with Crippen LogP contribution in [0.2, 0.25) is 0 Å². The maximum Gasteiger partial charge on any atom is 0.356 e. The van der Waals surface area contributed by atoms with Gasteiger partial charge in [0.15, 0.2) is 0 Å². The lowest BCUT2D eigenvalue weighted by Crippen LogP contribution is -2.73. The highest BCUT2D eigenvalue weighted by Gasteiger charge is 2.60. The molecule has 0 aromatic carbocycles. The molecule has 0 heterocycles. The number of aliphatic carboxylic acids is 1. The van der Waals surface area contributed by atoms with E-state index in [0.29, 0.717) is 26.2 Å². The van der Waals surface area contributed by atoms with Crippen LogP contribution in [0.15, 0.2) is 0 Å². The fourth-order valence-electron chi connectivity index (χ4n) is 2.41. The van der Waals surface area contributed by atoms with E-state index in [1.807, 2.05) is 13.8 Å². The summed E-state index contributed by atoms with van der Waals surface area (Å²) in [5, 5.41) is 11.0. The van der Waals surface area contributed by atoms with Gasteiger partial charge in [-0.05, 0) is 34.1 Å². The molecule has 0 aromatic heterocycles. The summed E-state index contributed by atoms with van der Waals surface area (Å²) in [6.07, 6.45) is 0.690. The van der Waals surface area contributed by atoms with Crippen molar-refractivity contribution in [3.63, 3.8) is 0 Å². The van der Waals surface area contributed by atoms with Crippen LogP contribution in [0.25, 0.3) is 0 Å². The number of nitrogens with zero attached hydrogens (tertiary/aromatic N) is 1. The maximum absolute atomic E-state index is 12.0. The van der Waals surface area contributed by atoms with Gasteiger partial charge in [0, 0.05) is 26.4 Å². The lowest BCUT2D eigenvalue weighted by molar-refractivity contribution is -0.278. The molecule has 0 saturated carbocycles. The van der Waals surface area contributed by atoms with Crippen molar-refractivity contribution in [3.8, 4) is 0 Å². The second-order valence-corrected chi connectivity index (χ2v) is 4.88. The van der Waals surface area contributed by atoms with Gasteiger partial charge in [0.1, 0.15) is 5.60 Å². The van der Waals surface area contributed by atoms with Gasteiger partial charge < -0.3 is 19.3 Å². The Morgan fingerprint density at radius 2 is 1.71 bits per heavy atom. The van der Waals surface area contributed by atoms with E-state index in [-0.39, 0.29) is 13.2 Å². The van der Waals surface area contributed by atoms with Gasteiger partial charge in [-0.25, -0.2) is 9.80 Å². The molecule has 0 aromatic rings. The Kier molecular flexibility index (Phi) is 9.00. The first-order chi connectivity index (χ1) is 9.86. The number of rotatable bonds is 12. The molecule has 2 atom stereocenters. The Labute approximate surface area is 127 Å². The number of carboxylic acids is 1. The number of ether oxygens (including phenoxy) is 3. The Hall–Kier alpha value is -0.730. The van der Waals surface area contributed by atoms with Crippen molar-refractivity contribution in [2.75, 3.05) is 33.0 Å². The molecule has 0 aliphatic heterocycles. The van der Waals surface area contributed by atoms with Crippen LogP contribution in [0.3, 0.4) is 0 Å². The van der Waals surface area contributed by atoms with E-state index < -0.39 is 17.3 Å². The van der Waals surface area contributed by atoms with Crippen molar-refractivity contribution >= 4 is 5.97 Å². The minimum Gasteiger partial charge on any atom is -0.478 e. The van der Waals surface area contributed by atoms with Crippen molar-refractivity contribution in [2.24, 2.45) is 5.84 Å². The first kappa shape index (κ1) is 20.3. The summed E-state index contributed by atoms with van der Waals surface area (Å²) in [7, 11) is 0. The molecule has 0 saturated heterocycles. The van der Waals surface area contributed by atoms with Gasteiger partial charge in [-0.2, -0.15) is 0 Å². The third-order valence-electron chi connectivity index (χ3n) is 3.27. The number of hydrogen-bond donors (Lipinski definition) is 2. The molecule has 0 rings (SSSR count). The highest BCUT2D eigenvalue weighted by Crippen LogP contribution is 2.33. The van der Waals surface area contributed by atoms with Crippen LogP contribution in [0.4, 0.5) is 0 Å². The van der Waals surface area contributed by atoms with E-state index in [2.05, 4.69) is 0 Å². The van der Waals surface area contributed by atoms with E-state index in [1.54, 1.807) is 20.8 Å². The van der Waals surface area contributed by atoms with Gasteiger partial charge in [-0.1, -0.05) is 6.92 Å². The third kappa shape index (κ3) is 4.37. The number of hydrazine groups is 1. The highest BCUT2D eigenvalue weighted by molar-refractivity contribution is 5.79. The molecule has 0 aliphatic carbocycles. The average molecular weight is 306 g/mol. The summed E-state index contributed by atoms with van der Waals surface area (Å²) in [6.45, 7) is 10.3. The van der Waals surface area contributed by atoms with Crippen LogP contribution in [-0.4, -0.2) is 60.4 Å². The average Bonchev–Trinajstić information content (AvgIpc) is 2.42. The molecule has 7 nitrogen and oxygen atoms in total. The van der Waals surface area contributed by atoms with Gasteiger partial charge in [0.2, 0.25) is 0 Å². The Balaban J connectivity index is 5.80. The molecule has 0 fully saturated rings. The van der Waals surface area contributed by atoms with Crippen molar-refractivity contribution in [2.45, 2.75) is 52.4 Å². The molecule has 7 heteroatoms. The second kappa shape index (κ2) is 9.32. The summed E-state index contributed by atoms with van der Waals surface area (Å²) < 4.78 is 16.8. The molecule has 0 aliphatic rings. The second-order valence-electron chi connectivity index (χ2n) is 4.88. The molecule has 3 N–H and O–H groups in total. The number of carbonyl (C=O) groups is 1. The van der Waals surface area contributed by atoms with Gasteiger partial charge in [0.25, 0.3) is 5.72 Å². The minimum absolute atomic E-state index is 0.0705. The van der Waals surface area contributed by atoms with E-state index >= 15 is 0 Å². The molecule has 0 radical (unpaired) electrons. The van der Waals surface area contributed by atoms with Crippen LogP contribution >= 0.6 is 0 Å². The third-order valence-corrected chi connectivity index (χ3v) is 3.27. The van der Waals surface area contributed by atoms with Crippen LogP contribution < -0.4 is 5.84 Å². The van der Waals surface area contributed by atoms with Gasteiger partial charge in [0.05, 0.1) is 6.61 Å². The molecule has 126 valence electrons. The summed E-state index contributed by atoms with van der Waals surface area (Å²) >= 11 is 0. The van der Waals surface area contributed by atoms with Crippen LogP contribution in [-0.2, 0) is 19.0 Å².